The Kier molecular flexibility index (Phi) is 13.2. The SMILES string of the molecule is CCCCN(C(=O)C[C@@H](CC(=O)OCC)c1ccc(Cl)cc1)[C@@H](CC(C)C)C(=O)NCc1ccccc1. The molecule has 0 bridgehead atoms. The van der Waals surface area contributed by atoms with Gasteiger partial charge in [0.1, 0.15) is 6.04 Å². The van der Waals surface area contributed by atoms with Crippen molar-refractivity contribution in [3.05, 3.63) is 70.7 Å². The van der Waals surface area contributed by atoms with E-state index in [0.29, 0.717) is 24.5 Å². The summed E-state index contributed by atoms with van der Waals surface area (Å²) in [5.41, 5.74) is 1.85. The first-order valence-electron chi connectivity index (χ1n) is 13.3. The zero-order chi connectivity index (χ0) is 27.2. The highest BCUT2D eigenvalue weighted by molar-refractivity contribution is 6.30. The standard InChI is InChI=1S/C30H41ClN2O4/c1-5-7-17-33(27(18-22(3)4)30(36)32-21-23-11-9-8-10-12-23)28(34)19-25(20-29(35)37-6-2)24-13-15-26(31)16-14-24/h8-16,22,25,27H,5-7,17-21H2,1-4H3,(H,32,36)/t25-,27-/m0/s1. The van der Waals surface area contributed by atoms with Crippen molar-refractivity contribution < 1.29 is 19.1 Å². The fourth-order valence-corrected chi connectivity index (χ4v) is 4.43. The maximum Gasteiger partial charge on any atom is 0.306 e. The fourth-order valence-electron chi connectivity index (χ4n) is 4.30. The Bertz CT molecular complexity index is 979. The van der Waals surface area contributed by atoms with Crippen molar-refractivity contribution in [2.75, 3.05) is 13.2 Å². The van der Waals surface area contributed by atoms with E-state index >= 15 is 0 Å². The number of nitrogens with zero attached hydrogens (tertiary/aromatic N) is 1. The Balaban J connectivity index is 2.28. The van der Waals surface area contributed by atoms with Crippen LogP contribution in [-0.4, -0.2) is 41.9 Å². The normalized spacial score (nSPS) is 12.6. The summed E-state index contributed by atoms with van der Waals surface area (Å²) in [6, 6.07) is 16.3. The van der Waals surface area contributed by atoms with Crippen LogP contribution in [0.15, 0.2) is 54.6 Å². The van der Waals surface area contributed by atoms with Crippen molar-refractivity contribution in [3.63, 3.8) is 0 Å². The lowest BCUT2D eigenvalue weighted by molar-refractivity contribution is -0.145. The van der Waals surface area contributed by atoms with Crippen LogP contribution >= 0.6 is 11.6 Å². The quantitative estimate of drug-likeness (QED) is 0.282. The molecule has 2 aromatic rings. The van der Waals surface area contributed by atoms with Crippen molar-refractivity contribution in [3.8, 4) is 0 Å². The van der Waals surface area contributed by atoms with Crippen molar-refractivity contribution >= 4 is 29.4 Å². The summed E-state index contributed by atoms with van der Waals surface area (Å²) >= 11 is 6.07. The molecule has 37 heavy (non-hydrogen) atoms. The molecule has 1 N–H and O–H groups in total. The molecule has 7 heteroatoms. The van der Waals surface area contributed by atoms with E-state index in [2.05, 4.69) is 26.1 Å². The van der Waals surface area contributed by atoms with Gasteiger partial charge in [-0.3, -0.25) is 14.4 Å². The van der Waals surface area contributed by atoms with Crippen LogP contribution in [0.3, 0.4) is 0 Å². The second kappa shape index (κ2) is 16.1. The molecule has 6 nitrogen and oxygen atoms in total. The highest BCUT2D eigenvalue weighted by Gasteiger charge is 2.32. The van der Waals surface area contributed by atoms with E-state index in [9.17, 15) is 14.4 Å². The van der Waals surface area contributed by atoms with Gasteiger partial charge < -0.3 is 15.0 Å². The molecule has 0 aliphatic carbocycles. The predicted octanol–water partition coefficient (Wildman–Crippen LogP) is 6.13. The molecular formula is C30H41ClN2O4. The van der Waals surface area contributed by atoms with Crippen molar-refractivity contribution in [1.82, 2.24) is 10.2 Å². The van der Waals surface area contributed by atoms with Crippen molar-refractivity contribution in [2.24, 2.45) is 5.92 Å². The Labute approximate surface area is 226 Å². The maximum atomic E-state index is 13.8. The molecule has 2 atom stereocenters. The number of hydrogen-bond donors (Lipinski definition) is 1. The number of amides is 2. The Hall–Kier alpha value is -2.86. The van der Waals surface area contributed by atoms with Crippen LogP contribution in [-0.2, 0) is 25.7 Å². The molecule has 0 fully saturated rings. The molecule has 0 radical (unpaired) electrons. The topological polar surface area (TPSA) is 75.7 Å². The number of esters is 1. The third-order valence-electron chi connectivity index (χ3n) is 6.24. The van der Waals surface area contributed by atoms with E-state index in [1.807, 2.05) is 42.5 Å². The number of nitrogens with one attached hydrogen (secondary N) is 1. The van der Waals surface area contributed by atoms with E-state index in [4.69, 9.17) is 16.3 Å². The molecule has 0 aliphatic rings. The van der Waals surface area contributed by atoms with Gasteiger partial charge in [0.15, 0.2) is 0 Å². The third kappa shape index (κ3) is 10.6. The lowest BCUT2D eigenvalue weighted by Gasteiger charge is -2.33. The predicted molar refractivity (Wildman–Crippen MR) is 148 cm³/mol. The highest BCUT2D eigenvalue weighted by atomic mass is 35.5. The number of carbonyl (C=O) groups is 3. The second-order valence-corrected chi connectivity index (χ2v) is 10.2. The van der Waals surface area contributed by atoms with E-state index in [-0.39, 0.29) is 49.1 Å². The van der Waals surface area contributed by atoms with E-state index in [1.165, 1.54) is 0 Å². The molecule has 0 saturated carbocycles. The zero-order valence-electron chi connectivity index (χ0n) is 22.5. The summed E-state index contributed by atoms with van der Waals surface area (Å²) in [4.78, 5) is 41.3. The van der Waals surface area contributed by atoms with Gasteiger partial charge in [-0.25, -0.2) is 0 Å². The molecule has 2 rings (SSSR count). The molecule has 0 aromatic heterocycles. The summed E-state index contributed by atoms with van der Waals surface area (Å²) < 4.78 is 5.18. The number of halogens is 1. The lowest BCUT2D eigenvalue weighted by Crippen LogP contribution is -2.50. The van der Waals surface area contributed by atoms with Crippen LogP contribution in [0.5, 0.6) is 0 Å². The van der Waals surface area contributed by atoms with Gasteiger partial charge in [-0.1, -0.05) is 81.3 Å². The van der Waals surface area contributed by atoms with Crippen LogP contribution in [0, 0.1) is 5.92 Å². The van der Waals surface area contributed by atoms with Gasteiger partial charge in [-0.2, -0.15) is 0 Å². The summed E-state index contributed by atoms with van der Waals surface area (Å²) in [6.07, 6.45) is 2.42. The van der Waals surface area contributed by atoms with E-state index in [0.717, 1.165) is 24.0 Å². The first kappa shape index (κ1) is 30.4. The number of hydrogen-bond acceptors (Lipinski definition) is 4. The fraction of sp³-hybridized carbons (Fsp3) is 0.500. The first-order valence-corrected chi connectivity index (χ1v) is 13.6. The van der Waals surface area contributed by atoms with Crippen LogP contribution in [0.2, 0.25) is 5.02 Å². The van der Waals surface area contributed by atoms with Crippen molar-refractivity contribution in [1.29, 1.82) is 0 Å². The van der Waals surface area contributed by atoms with Gasteiger partial charge in [0.25, 0.3) is 0 Å². The average molecular weight is 529 g/mol. The van der Waals surface area contributed by atoms with Crippen molar-refractivity contribution in [2.45, 2.75) is 78.3 Å². The second-order valence-electron chi connectivity index (χ2n) is 9.75. The van der Waals surface area contributed by atoms with Gasteiger partial charge in [0.2, 0.25) is 11.8 Å². The molecule has 0 heterocycles. The molecule has 2 amide bonds. The summed E-state index contributed by atoms with van der Waals surface area (Å²) in [6.45, 7) is 9.10. The van der Waals surface area contributed by atoms with Crippen LogP contribution in [0.4, 0.5) is 0 Å². The van der Waals surface area contributed by atoms with E-state index in [1.54, 1.807) is 24.0 Å². The monoisotopic (exact) mass is 528 g/mol. The minimum atomic E-state index is -0.587. The molecule has 0 spiro atoms. The minimum Gasteiger partial charge on any atom is -0.466 e. The Morgan fingerprint density at radius 3 is 2.24 bits per heavy atom. The van der Waals surface area contributed by atoms with Crippen LogP contribution < -0.4 is 5.32 Å². The average Bonchev–Trinajstić information content (AvgIpc) is 2.87. The maximum absolute atomic E-state index is 13.8. The number of benzene rings is 2. The number of unbranched alkanes of at least 4 members (excludes halogenated alkanes) is 1. The molecule has 0 unspecified atom stereocenters. The van der Waals surface area contributed by atoms with Crippen LogP contribution in [0.1, 0.15) is 76.8 Å². The summed E-state index contributed by atoms with van der Waals surface area (Å²) in [5.74, 6) is -0.806. The molecule has 202 valence electrons. The Morgan fingerprint density at radius 2 is 1.65 bits per heavy atom. The number of carbonyl (C=O) groups excluding carboxylic acids is 3. The molecular weight excluding hydrogens is 488 g/mol. The lowest BCUT2D eigenvalue weighted by atomic mass is 9.91. The molecule has 2 aromatic carbocycles. The first-order chi connectivity index (χ1) is 17.7. The minimum absolute atomic E-state index is 0.0812. The van der Waals surface area contributed by atoms with E-state index < -0.39 is 6.04 Å². The number of rotatable bonds is 15. The Morgan fingerprint density at radius 1 is 0.973 bits per heavy atom. The van der Waals surface area contributed by atoms with Gasteiger partial charge in [-0.15, -0.1) is 0 Å². The summed E-state index contributed by atoms with van der Waals surface area (Å²) in [5, 5.41) is 3.62. The third-order valence-corrected chi connectivity index (χ3v) is 6.49. The zero-order valence-corrected chi connectivity index (χ0v) is 23.3. The molecule has 0 aliphatic heterocycles. The van der Waals surface area contributed by atoms with Gasteiger partial charge >= 0.3 is 5.97 Å². The van der Waals surface area contributed by atoms with Gasteiger partial charge in [-0.05, 0) is 48.9 Å². The van der Waals surface area contributed by atoms with Gasteiger partial charge in [0.05, 0.1) is 13.0 Å². The van der Waals surface area contributed by atoms with Crippen LogP contribution in [0.25, 0.3) is 0 Å². The summed E-state index contributed by atoms with van der Waals surface area (Å²) in [7, 11) is 0. The number of ether oxygens (including phenoxy) is 1. The van der Waals surface area contributed by atoms with Gasteiger partial charge in [0, 0.05) is 30.5 Å². The smallest absolute Gasteiger partial charge is 0.306 e. The molecule has 0 saturated heterocycles. The largest absolute Gasteiger partial charge is 0.466 e. The highest BCUT2D eigenvalue weighted by Crippen LogP contribution is 2.28.